The summed E-state index contributed by atoms with van der Waals surface area (Å²) in [5.74, 6) is 1.09. The van der Waals surface area contributed by atoms with Gasteiger partial charge in [-0.1, -0.05) is 5.16 Å². The molecule has 0 spiro atoms. The summed E-state index contributed by atoms with van der Waals surface area (Å²) in [5, 5.41) is 3.82. The van der Waals surface area contributed by atoms with Gasteiger partial charge in [-0.3, -0.25) is 0 Å². The topological polar surface area (TPSA) is 100 Å². The number of ether oxygens (including phenoxy) is 1. The third-order valence-electron chi connectivity index (χ3n) is 2.32. The molecule has 1 unspecified atom stereocenters. The number of oxazole rings is 1. The van der Waals surface area contributed by atoms with Gasteiger partial charge >= 0.3 is 0 Å². The van der Waals surface area contributed by atoms with Crippen molar-refractivity contribution < 1.29 is 13.7 Å². The van der Waals surface area contributed by atoms with Crippen molar-refractivity contribution in [3.8, 4) is 11.7 Å². The summed E-state index contributed by atoms with van der Waals surface area (Å²) >= 11 is 0. The summed E-state index contributed by atoms with van der Waals surface area (Å²) in [6.45, 7) is 3.85. The van der Waals surface area contributed by atoms with E-state index in [1.165, 1.54) is 6.39 Å². The van der Waals surface area contributed by atoms with Gasteiger partial charge in [0.2, 0.25) is 5.76 Å². The number of aromatic nitrogens is 3. The molecule has 0 amide bonds. The van der Waals surface area contributed by atoms with Crippen molar-refractivity contribution in [1.82, 2.24) is 15.1 Å². The van der Waals surface area contributed by atoms with Crippen molar-refractivity contribution in [1.29, 1.82) is 0 Å². The van der Waals surface area contributed by atoms with Gasteiger partial charge in [0.1, 0.15) is 5.54 Å². The molecule has 2 aromatic rings. The van der Waals surface area contributed by atoms with E-state index in [0.29, 0.717) is 23.9 Å². The zero-order chi connectivity index (χ0) is 12.5. The summed E-state index contributed by atoms with van der Waals surface area (Å²) in [6, 6.07) is 0. The highest BCUT2D eigenvalue weighted by Crippen LogP contribution is 2.23. The van der Waals surface area contributed by atoms with Crippen LogP contribution in [0.5, 0.6) is 0 Å². The Morgan fingerprint density at radius 3 is 2.88 bits per heavy atom. The predicted octanol–water partition coefficient (Wildman–Crippen LogP) is 0.853. The predicted molar refractivity (Wildman–Crippen MR) is 57.9 cm³/mol. The Balaban J connectivity index is 2.31. The fraction of sp³-hybridized carbons (Fsp3) is 0.500. The molecule has 0 radical (unpaired) electrons. The molecule has 1 atom stereocenters. The summed E-state index contributed by atoms with van der Waals surface area (Å²) in [5.41, 5.74) is 5.88. The SMILES string of the molecule is COCC(C)(N)c1noc(-c2ocnc2C)n1. The molecule has 2 N–H and O–H groups in total. The molecule has 0 aliphatic carbocycles. The Hall–Kier alpha value is -1.73. The molecule has 0 aliphatic heterocycles. The van der Waals surface area contributed by atoms with Gasteiger partial charge in [0.05, 0.1) is 12.3 Å². The fourth-order valence-electron chi connectivity index (χ4n) is 1.42. The van der Waals surface area contributed by atoms with Crippen molar-refractivity contribution in [2.24, 2.45) is 5.73 Å². The number of methoxy groups -OCH3 is 1. The van der Waals surface area contributed by atoms with Gasteiger partial charge in [0.25, 0.3) is 5.89 Å². The number of rotatable bonds is 4. The Morgan fingerprint density at radius 1 is 1.53 bits per heavy atom. The van der Waals surface area contributed by atoms with E-state index in [2.05, 4.69) is 15.1 Å². The second-order valence-electron chi connectivity index (χ2n) is 4.04. The van der Waals surface area contributed by atoms with Crippen molar-refractivity contribution in [2.75, 3.05) is 13.7 Å². The normalized spacial score (nSPS) is 14.8. The average Bonchev–Trinajstić information content (AvgIpc) is 2.85. The van der Waals surface area contributed by atoms with Crippen LogP contribution in [0.25, 0.3) is 11.7 Å². The molecule has 0 aliphatic rings. The van der Waals surface area contributed by atoms with Gasteiger partial charge in [-0.05, 0) is 13.8 Å². The van der Waals surface area contributed by atoms with E-state index < -0.39 is 5.54 Å². The van der Waals surface area contributed by atoms with E-state index in [1.54, 1.807) is 21.0 Å². The van der Waals surface area contributed by atoms with E-state index in [4.69, 9.17) is 19.4 Å². The van der Waals surface area contributed by atoms with Crippen LogP contribution in [-0.4, -0.2) is 28.8 Å². The van der Waals surface area contributed by atoms with Crippen molar-refractivity contribution in [3.63, 3.8) is 0 Å². The smallest absolute Gasteiger partial charge is 0.295 e. The van der Waals surface area contributed by atoms with Gasteiger partial charge in [0, 0.05) is 7.11 Å². The molecule has 0 fully saturated rings. The molecule has 7 heteroatoms. The van der Waals surface area contributed by atoms with Crippen LogP contribution in [-0.2, 0) is 10.3 Å². The highest BCUT2D eigenvalue weighted by Gasteiger charge is 2.28. The molecule has 2 heterocycles. The maximum absolute atomic E-state index is 6.00. The van der Waals surface area contributed by atoms with Gasteiger partial charge < -0.3 is 19.4 Å². The zero-order valence-corrected chi connectivity index (χ0v) is 9.93. The Labute approximate surface area is 98.0 Å². The van der Waals surface area contributed by atoms with E-state index in [1.807, 2.05) is 0 Å². The minimum atomic E-state index is -0.801. The van der Waals surface area contributed by atoms with Crippen LogP contribution in [0.4, 0.5) is 0 Å². The summed E-state index contributed by atoms with van der Waals surface area (Å²) in [6.07, 6.45) is 1.32. The molecule has 0 saturated heterocycles. The Morgan fingerprint density at radius 2 is 2.29 bits per heavy atom. The standard InChI is InChI=1S/C10H14N4O3/c1-6-7(16-5-12-6)8-13-9(14-17-8)10(2,11)4-15-3/h5H,4,11H2,1-3H3. The maximum Gasteiger partial charge on any atom is 0.295 e. The Bertz CT molecular complexity index is 503. The lowest BCUT2D eigenvalue weighted by molar-refractivity contribution is 0.135. The van der Waals surface area contributed by atoms with Gasteiger partial charge in [0.15, 0.2) is 12.2 Å². The van der Waals surface area contributed by atoms with E-state index >= 15 is 0 Å². The van der Waals surface area contributed by atoms with Crippen LogP contribution < -0.4 is 5.73 Å². The second-order valence-corrected chi connectivity index (χ2v) is 4.04. The highest BCUT2D eigenvalue weighted by molar-refractivity contribution is 5.46. The van der Waals surface area contributed by atoms with Gasteiger partial charge in [-0.15, -0.1) is 0 Å². The molecular formula is C10H14N4O3. The lowest BCUT2D eigenvalue weighted by atomic mass is 10.1. The first kappa shape index (κ1) is 11.7. The number of hydrogen-bond acceptors (Lipinski definition) is 7. The number of hydrogen-bond donors (Lipinski definition) is 1. The number of aryl methyl sites for hydroxylation is 1. The van der Waals surface area contributed by atoms with Crippen molar-refractivity contribution in [3.05, 3.63) is 17.9 Å². The monoisotopic (exact) mass is 238 g/mol. The van der Waals surface area contributed by atoms with Crippen LogP contribution in [0.15, 0.2) is 15.3 Å². The van der Waals surface area contributed by atoms with Crippen LogP contribution >= 0.6 is 0 Å². The minimum absolute atomic E-state index is 0.266. The molecule has 0 aromatic carbocycles. The van der Waals surface area contributed by atoms with Gasteiger partial charge in [-0.2, -0.15) is 4.98 Å². The largest absolute Gasteiger partial charge is 0.438 e. The van der Waals surface area contributed by atoms with E-state index in [9.17, 15) is 0 Å². The first-order chi connectivity index (χ1) is 8.04. The summed E-state index contributed by atoms with van der Waals surface area (Å²) < 4.78 is 15.3. The molecule has 2 aromatic heterocycles. The average molecular weight is 238 g/mol. The lowest BCUT2D eigenvalue weighted by Gasteiger charge is -2.18. The van der Waals surface area contributed by atoms with Crippen LogP contribution in [0, 0.1) is 6.92 Å². The third-order valence-corrected chi connectivity index (χ3v) is 2.32. The van der Waals surface area contributed by atoms with Crippen LogP contribution in [0.2, 0.25) is 0 Å². The Kier molecular flexibility index (Phi) is 2.95. The van der Waals surface area contributed by atoms with Gasteiger partial charge in [-0.25, -0.2) is 4.98 Å². The van der Waals surface area contributed by atoms with Crippen LogP contribution in [0.1, 0.15) is 18.4 Å². The third kappa shape index (κ3) is 2.20. The van der Waals surface area contributed by atoms with Crippen LogP contribution in [0.3, 0.4) is 0 Å². The highest BCUT2D eigenvalue weighted by atomic mass is 16.5. The molecule has 17 heavy (non-hydrogen) atoms. The number of nitrogens with zero attached hydrogens (tertiary/aromatic N) is 3. The number of nitrogens with two attached hydrogens (primary N) is 1. The molecule has 0 saturated carbocycles. The molecule has 92 valence electrons. The second kappa shape index (κ2) is 4.27. The molecular weight excluding hydrogens is 224 g/mol. The first-order valence-corrected chi connectivity index (χ1v) is 5.07. The van der Waals surface area contributed by atoms with E-state index in [0.717, 1.165) is 0 Å². The van der Waals surface area contributed by atoms with Crippen molar-refractivity contribution in [2.45, 2.75) is 19.4 Å². The zero-order valence-electron chi connectivity index (χ0n) is 9.93. The van der Waals surface area contributed by atoms with E-state index in [-0.39, 0.29) is 5.89 Å². The molecule has 2 rings (SSSR count). The molecule has 0 bridgehead atoms. The maximum atomic E-state index is 6.00. The molecule has 7 nitrogen and oxygen atoms in total. The summed E-state index contributed by atoms with van der Waals surface area (Å²) in [7, 11) is 1.56. The lowest BCUT2D eigenvalue weighted by Crippen LogP contribution is -2.38. The first-order valence-electron chi connectivity index (χ1n) is 5.07. The van der Waals surface area contributed by atoms with Crippen molar-refractivity contribution >= 4 is 0 Å². The minimum Gasteiger partial charge on any atom is -0.438 e. The fourth-order valence-corrected chi connectivity index (χ4v) is 1.42. The summed E-state index contributed by atoms with van der Waals surface area (Å²) in [4.78, 5) is 8.14. The quantitative estimate of drug-likeness (QED) is 0.842.